The molecule has 1 fully saturated rings. The summed E-state index contributed by atoms with van der Waals surface area (Å²) < 4.78 is 0. The molecule has 2 aromatic heterocycles. The van der Waals surface area contributed by atoms with Crippen LogP contribution in [0.1, 0.15) is 36.2 Å². The number of fused-ring (bicyclic) bond motifs is 1. The summed E-state index contributed by atoms with van der Waals surface area (Å²) in [5, 5.41) is 3.02. The number of carbonyl (C=O) groups excluding carboxylic acids is 1. The molecule has 0 saturated carbocycles. The van der Waals surface area contributed by atoms with Gasteiger partial charge in [0.05, 0.1) is 12.2 Å². The van der Waals surface area contributed by atoms with Gasteiger partial charge in [-0.3, -0.25) is 4.79 Å². The molecule has 2 aliphatic rings. The van der Waals surface area contributed by atoms with E-state index >= 15 is 0 Å². The Hall–Kier alpha value is -3.35. The summed E-state index contributed by atoms with van der Waals surface area (Å²) in [6.45, 7) is 2.12. The van der Waals surface area contributed by atoms with Crippen LogP contribution >= 0.6 is 0 Å². The molecule has 0 unspecified atom stereocenters. The van der Waals surface area contributed by atoms with Gasteiger partial charge in [-0.05, 0) is 38.2 Å². The Labute approximate surface area is 182 Å². The van der Waals surface area contributed by atoms with E-state index in [1.165, 1.54) is 17.6 Å². The van der Waals surface area contributed by atoms with E-state index in [0.29, 0.717) is 6.54 Å². The van der Waals surface area contributed by atoms with Crippen LogP contribution in [0.5, 0.6) is 0 Å². The molecule has 3 aromatic rings. The van der Waals surface area contributed by atoms with Crippen LogP contribution in [-0.2, 0) is 24.2 Å². The molecular weight excluding hydrogens is 388 g/mol. The van der Waals surface area contributed by atoms with Crippen LogP contribution in [0.15, 0.2) is 48.9 Å². The average Bonchev–Trinajstić information content (AvgIpc) is 3.32. The van der Waals surface area contributed by atoms with Gasteiger partial charge in [-0.2, -0.15) is 0 Å². The first-order chi connectivity index (χ1) is 15.3. The van der Waals surface area contributed by atoms with E-state index < -0.39 is 0 Å². The molecule has 1 aromatic carbocycles. The zero-order valence-electron chi connectivity index (χ0n) is 17.5. The van der Waals surface area contributed by atoms with E-state index in [-0.39, 0.29) is 11.8 Å². The molecule has 0 bridgehead atoms. The van der Waals surface area contributed by atoms with Crippen LogP contribution < -0.4 is 10.2 Å². The second kappa shape index (κ2) is 8.79. The standard InChI is InChI=1S/C24H26N6O/c31-24(26-15-19-9-12-25-16-27-19)18-10-13-30(14-11-18)23-20-7-4-8-21(20)28-22(29-23)17-5-2-1-3-6-17/h1-3,5-6,9,12,16,18H,4,7-8,10-11,13-15H2,(H,26,31). The summed E-state index contributed by atoms with van der Waals surface area (Å²) in [6.07, 6.45) is 8.05. The van der Waals surface area contributed by atoms with Crippen LogP contribution in [0.3, 0.4) is 0 Å². The molecule has 0 atom stereocenters. The monoisotopic (exact) mass is 414 g/mol. The SMILES string of the molecule is O=C(NCc1ccncn1)C1CCN(c2nc(-c3ccccc3)nc3c2CCC3)CC1. The highest BCUT2D eigenvalue weighted by molar-refractivity contribution is 5.79. The van der Waals surface area contributed by atoms with E-state index in [9.17, 15) is 4.79 Å². The maximum absolute atomic E-state index is 12.6. The number of piperidine rings is 1. The van der Waals surface area contributed by atoms with Gasteiger partial charge in [-0.15, -0.1) is 0 Å². The molecule has 7 heteroatoms. The second-order valence-corrected chi connectivity index (χ2v) is 8.20. The fraction of sp³-hybridized carbons (Fsp3) is 0.375. The molecular formula is C24H26N6O. The normalized spacial score (nSPS) is 16.2. The van der Waals surface area contributed by atoms with Crippen LogP contribution in [0.2, 0.25) is 0 Å². The third-order valence-corrected chi connectivity index (χ3v) is 6.20. The van der Waals surface area contributed by atoms with Gasteiger partial charge < -0.3 is 10.2 Å². The fourth-order valence-corrected chi connectivity index (χ4v) is 4.49. The number of benzene rings is 1. The van der Waals surface area contributed by atoms with Crippen molar-refractivity contribution in [3.8, 4) is 11.4 Å². The number of rotatable bonds is 5. The van der Waals surface area contributed by atoms with Gasteiger partial charge in [0.2, 0.25) is 5.91 Å². The minimum atomic E-state index is 0.0292. The largest absolute Gasteiger partial charge is 0.356 e. The second-order valence-electron chi connectivity index (χ2n) is 8.20. The van der Waals surface area contributed by atoms with Gasteiger partial charge in [0.1, 0.15) is 12.1 Å². The lowest BCUT2D eigenvalue weighted by Gasteiger charge is -2.33. The van der Waals surface area contributed by atoms with Crippen LogP contribution in [0.4, 0.5) is 5.82 Å². The van der Waals surface area contributed by atoms with Crippen molar-refractivity contribution in [3.63, 3.8) is 0 Å². The number of nitrogens with one attached hydrogen (secondary N) is 1. The van der Waals surface area contributed by atoms with E-state index in [2.05, 4.69) is 32.3 Å². The molecule has 1 N–H and O–H groups in total. The number of nitrogens with zero attached hydrogens (tertiary/aromatic N) is 5. The van der Waals surface area contributed by atoms with Crippen molar-refractivity contribution in [2.45, 2.75) is 38.6 Å². The third kappa shape index (κ3) is 4.26. The van der Waals surface area contributed by atoms with Gasteiger partial charge in [-0.1, -0.05) is 30.3 Å². The first-order valence-electron chi connectivity index (χ1n) is 11.0. The Bertz CT molecular complexity index is 1050. The molecule has 1 aliphatic heterocycles. The summed E-state index contributed by atoms with van der Waals surface area (Å²) in [5.41, 5.74) is 4.36. The Balaban J connectivity index is 1.27. The van der Waals surface area contributed by atoms with Gasteiger partial charge in [0.25, 0.3) is 0 Å². The minimum Gasteiger partial charge on any atom is -0.356 e. The van der Waals surface area contributed by atoms with E-state index in [4.69, 9.17) is 9.97 Å². The van der Waals surface area contributed by atoms with Crippen molar-refractivity contribution in [1.82, 2.24) is 25.3 Å². The lowest BCUT2D eigenvalue weighted by Crippen LogP contribution is -2.41. The maximum atomic E-state index is 12.6. The third-order valence-electron chi connectivity index (χ3n) is 6.20. The molecule has 5 rings (SSSR count). The topological polar surface area (TPSA) is 83.9 Å². The lowest BCUT2D eigenvalue weighted by molar-refractivity contribution is -0.125. The van der Waals surface area contributed by atoms with Crippen molar-refractivity contribution >= 4 is 11.7 Å². The molecule has 31 heavy (non-hydrogen) atoms. The van der Waals surface area contributed by atoms with E-state index in [1.807, 2.05) is 24.3 Å². The molecule has 0 spiro atoms. The minimum absolute atomic E-state index is 0.0292. The van der Waals surface area contributed by atoms with E-state index in [0.717, 1.165) is 68.1 Å². The van der Waals surface area contributed by atoms with Gasteiger partial charge in [0, 0.05) is 42.0 Å². The van der Waals surface area contributed by atoms with Gasteiger partial charge >= 0.3 is 0 Å². The molecule has 1 amide bonds. The first-order valence-corrected chi connectivity index (χ1v) is 11.0. The Kier molecular flexibility index (Phi) is 5.56. The zero-order chi connectivity index (χ0) is 21.0. The van der Waals surface area contributed by atoms with Crippen molar-refractivity contribution in [2.24, 2.45) is 5.92 Å². The summed E-state index contributed by atoms with van der Waals surface area (Å²) in [4.78, 5) is 32.9. The van der Waals surface area contributed by atoms with Crippen molar-refractivity contribution in [1.29, 1.82) is 0 Å². The number of hydrogen-bond acceptors (Lipinski definition) is 6. The fourth-order valence-electron chi connectivity index (χ4n) is 4.49. The first kappa shape index (κ1) is 19.6. The van der Waals surface area contributed by atoms with Crippen molar-refractivity contribution in [2.75, 3.05) is 18.0 Å². The molecule has 7 nitrogen and oxygen atoms in total. The van der Waals surface area contributed by atoms with Crippen LogP contribution in [0.25, 0.3) is 11.4 Å². The van der Waals surface area contributed by atoms with Crippen molar-refractivity contribution < 1.29 is 4.79 Å². The number of hydrogen-bond donors (Lipinski definition) is 1. The average molecular weight is 415 g/mol. The number of amides is 1. The number of anilines is 1. The van der Waals surface area contributed by atoms with Crippen LogP contribution in [0, 0.1) is 5.92 Å². The number of aromatic nitrogens is 4. The van der Waals surface area contributed by atoms with Crippen LogP contribution in [-0.4, -0.2) is 38.9 Å². The zero-order valence-corrected chi connectivity index (χ0v) is 17.5. The predicted molar refractivity (Wildman–Crippen MR) is 118 cm³/mol. The molecule has 1 saturated heterocycles. The van der Waals surface area contributed by atoms with Gasteiger partial charge in [-0.25, -0.2) is 19.9 Å². The predicted octanol–water partition coefficient (Wildman–Crippen LogP) is 2.96. The lowest BCUT2D eigenvalue weighted by atomic mass is 9.95. The summed E-state index contributed by atoms with van der Waals surface area (Å²) in [7, 11) is 0. The maximum Gasteiger partial charge on any atom is 0.223 e. The smallest absolute Gasteiger partial charge is 0.223 e. The number of carbonyl (C=O) groups is 1. The van der Waals surface area contributed by atoms with Gasteiger partial charge in [0.15, 0.2) is 5.82 Å². The Morgan fingerprint density at radius 2 is 1.90 bits per heavy atom. The Morgan fingerprint density at radius 3 is 2.68 bits per heavy atom. The quantitative estimate of drug-likeness (QED) is 0.691. The summed E-state index contributed by atoms with van der Waals surface area (Å²) >= 11 is 0. The molecule has 3 heterocycles. The highest BCUT2D eigenvalue weighted by Crippen LogP contribution is 2.33. The molecule has 158 valence electrons. The highest BCUT2D eigenvalue weighted by atomic mass is 16.1. The highest BCUT2D eigenvalue weighted by Gasteiger charge is 2.29. The summed E-state index contributed by atoms with van der Waals surface area (Å²) in [5.74, 6) is 2.01. The molecule has 0 radical (unpaired) electrons. The summed E-state index contributed by atoms with van der Waals surface area (Å²) in [6, 6.07) is 12.0. The Morgan fingerprint density at radius 1 is 1.06 bits per heavy atom. The van der Waals surface area contributed by atoms with Crippen molar-refractivity contribution in [3.05, 3.63) is 65.9 Å². The number of aryl methyl sites for hydroxylation is 1. The molecule has 1 aliphatic carbocycles. The van der Waals surface area contributed by atoms with E-state index in [1.54, 1.807) is 6.20 Å².